The van der Waals surface area contributed by atoms with Crippen molar-refractivity contribution >= 4 is 39.7 Å². The van der Waals surface area contributed by atoms with E-state index in [9.17, 15) is 0 Å². The molecule has 5 heteroatoms. The van der Waals surface area contributed by atoms with Crippen molar-refractivity contribution in [2.24, 2.45) is 0 Å². The van der Waals surface area contributed by atoms with E-state index in [1.165, 1.54) is 0 Å². The molecule has 0 unspecified atom stereocenters. The zero-order chi connectivity index (χ0) is 10.8. The van der Waals surface area contributed by atoms with Gasteiger partial charge in [-0.3, -0.25) is 0 Å². The molecule has 0 bridgehead atoms. The van der Waals surface area contributed by atoms with Gasteiger partial charge < -0.3 is 4.98 Å². The molecule has 2 aromatic rings. The van der Waals surface area contributed by atoms with E-state index in [0.29, 0.717) is 15.5 Å². The average molecular weight is 302 g/mol. The molecule has 15 heavy (non-hydrogen) atoms. The Balaban J connectivity index is 2.60. The molecule has 2 rings (SSSR count). The Labute approximate surface area is 105 Å². The summed E-state index contributed by atoms with van der Waals surface area (Å²) in [5, 5.41) is 0.651. The number of H-pyrrole nitrogens is 1. The van der Waals surface area contributed by atoms with Crippen molar-refractivity contribution in [1.82, 2.24) is 9.97 Å². The molecule has 0 atom stereocenters. The summed E-state index contributed by atoms with van der Waals surface area (Å²) in [7, 11) is 0. The smallest absolute Gasteiger partial charge is 0.139 e. The van der Waals surface area contributed by atoms with Gasteiger partial charge >= 0.3 is 0 Å². The van der Waals surface area contributed by atoms with E-state index in [4.69, 9.17) is 23.8 Å². The third-order valence-electron chi connectivity index (χ3n) is 1.88. The molecule has 0 aliphatic heterocycles. The van der Waals surface area contributed by atoms with Gasteiger partial charge in [0.15, 0.2) is 0 Å². The minimum absolute atomic E-state index is 0.611. The Kier molecular flexibility index (Phi) is 3.19. The maximum absolute atomic E-state index is 6.05. The van der Waals surface area contributed by atoms with E-state index in [-0.39, 0.29) is 0 Å². The van der Waals surface area contributed by atoms with E-state index in [1.807, 2.05) is 24.3 Å². The second kappa shape index (κ2) is 4.43. The largest absolute Gasteiger partial charge is 0.330 e. The van der Waals surface area contributed by atoms with Crippen LogP contribution < -0.4 is 0 Å². The number of aromatic nitrogens is 2. The summed E-state index contributed by atoms with van der Waals surface area (Å²) in [5.74, 6) is 0.675. The second-order valence-corrected chi connectivity index (χ2v) is 4.56. The average Bonchev–Trinajstić information content (AvgIpc) is 2.23. The van der Waals surface area contributed by atoms with Gasteiger partial charge in [0.2, 0.25) is 0 Å². The Hall–Kier alpha value is -0.710. The van der Waals surface area contributed by atoms with Crippen molar-refractivity contribution in [3.05, 3.63) is 44.6 Å². The van der Waals surface area contributed by atoms with Gasteiger partial charge in [0.25, 0.3) is 0 Å². The molecule has 0 aliphatic rings. The van der Waals surface area contributed by atoms with Gasteiger partial charge in [-0.15, -0.1) is 0 Å². The summed E-state index contributed by atoms with van der Waals surface area (Å²) in [6.45, 7) is 0. The zero-order valence-electron chi connectivity index (χ0n) is 7.50. The van der Waals surface area contributed by atoms with Crippen molar-refractivity contribution < 1.29 is 0 Å². The first-order chi connectivity index (χ1) is 7.18. The molecule has 1 aromatic carbocycles. The van der Waals surface area contributed by atoms with Crippen molar-refractivity contribution in [3.63, 3.8) is 0 Å². The Bertz CT molecular complexity index is 553. The predicted molar refractivity (Wildman–Crippen MR) is 67.6 cm³/mol. The molecule has 0 radical (unpaired) electrons. The highest BCUT2D eigenvalue weighted by Gasteiger charge is 2.04. The van der Waals surface area contributed by atoms with Crippen LogP contribution in [0.3, 0.4) is 0 Å². The van der Waals surface area contributed by atoms with Gasteiger partial charge in [0.1, 0.15) is 10.5 Å². The number of benzene rings is 1. The van der Waals surface area contributed by atoms with Gasteiger partial charge in [-0.25, -0.2) is 4.98 Å². The lowest BCUT2D eigenvalue weighted by molar-refractivity contribution is 1.14. The highest BCUT2D eigenvalue weighted by molar-refractivity contribution is 9.10. The van der Waals surface area contributed by atoms with Crippen LogP contribution in [0, 0.1) is 4.64 Å². The van der Waals surface area contributed by atoms with E-state index < -0.39 is 0 Å². The second-order valence-electron chi connectivity index (χ2n) is 2.89. The maximum atomic E-state index is 6.05. The molecule has 0 amide bonds. The Morgan fingerprint density at radius 1 is 1.33 bits per heavy atom. The molecule has 0 spiro atoms. The highest BCUT2D eigenvalue weighted by Crippen LogP contribution is 2.24. The van der Waals surface area contributed by atoms with E-state index in [0.717, 1.165) is 10.0 Å². The topological polar surface area (TPSA) is 28.7 Å². The van der Waals surface area contributed by atoms with E-state index in [1.54, 1.807) is 6.20 Å². The normalized spacial score (nSPS) is 10.3. The fourth-order valence-corrected chi connectivity index (χ4v) is 1.75. The fraction of sp³-hybridized carbons (Fsp3) is 0. The van der Waals surface area contributed by atoms with Gasteiger partial charge in [-0.2, -0.15) is 0 Å². The fourth-order valence-electron chi connectivity index (χ4n) is 1.17. The molecular formula is C10H6BrClN2S. The van der Waals surface area contributed by atoms with Crippen LogP contribution >= 0.6 is 39.7 Å². The number of halogens is 2. The van der Waals surface area contributed by atoms with Gasteiger partial charge in [-0.05, 0) is 28.1 Å². The number of aromatic amines is 1. The first-order valence-electron chi connectivity index (χ1n) is 4.18. The highest BCUT2D eigenvalue weighted by atomic mass is 79.9. The number of hydrogen-bond donors (Lipinski definition) is 1. The molecular weight excluding hydrogens is 296 g/mol. The maximum Gasteiger partial charge on any atom is 0.139 e. The van der Waals surface area contributed by atoms with Crippen LogP contribution in [0.4, 0.5) is 0 Å². The lowest BCUT2D eigenvalue weighted by atomic mass is 10.2. The summed E-state index contributed by atoms with van der Waals surface area (Å²) in [6, 6.07) is 7.49. The predicted octanol–water partition coefficient (Wildman–Crippen LogP) is 4.22. The molecule has 1 heterocycles. The first kappa shape index (κ1) is 10.8. The van der Waals surface area contributed by atoms with Crippen LogP contribution in [0.15, 0.2) is 34.9 Å². The molecule has 2 nitrogen and oxygen atoms in total. The Morgan fingerprint density at radius 3 is 2.73 bits per heavy atom. The van der Waals surface area contributed by atoms with Crippen LogP contribution in [0.2, 0.25) is 5.02 Å². The summed E-state index contributed by atoms with van der Waals surface area (Å²) < 4.78 is 1.38. The molecule has 0 fully saturated rings. The van der Waals surface area contributed by atoms with Crippen LogP contribution in [0.5, 0.6) is 0 Å². The van der Waals surface area contributed by atoms with Crippen LogP contribution in [-0.2, 0) is 0 Å². The SMILES string of the molecule is S=c1[nH]c(-c2ccccc2Cl)ncc1Br. The third kappa shape index (κ3) is 2.27. The van der Waals surface area contributed by atoms with Crippen molar-refractivity contribution in [2.45, 2.75) is 0 Å². The Morgan fingerprint density at radius 2 is 2.07 bits per heavy atom. The minimum Gasteiger partial charge on any atom is -0.330 e. The number of rotatable bonds is 1. The molecule has 0 saturated heterocycles. The minimum atomic E-state index is 0.611. The molecule has 1 N–H and O–H groups in total. The van der Waals surface area contributed by atoms with Crippen molar-refractivity contribution in [1.29, 1.82) is 0 Å². The zero-order valence-corrected chi connectivity index (χ0v) is 10.7. The third-order valence-corrected chi connectivity index (χ3v) is 3.40. The van der Waals surface area contributed by atoms with Crippen LogP contribution in [0.1, 0.15) is 0 Å². The summed E-state index contributed by atoms with van der Waals surface area (Å²) >= 11 is 14.4. The van der Waals surface area contributed by atoms with Gasteiger partial charge in [-0.1, -0.05) is 36.0 Å². The van der Waals surface area contributed by atoms with Crippen molar-refractivity contribution in [2.75, 3.05) is 0 Å². The van der Waals surface area contributed by atoms with Crippen LogP contribution in [-0.4, -0.2) is 9.97 Å². The lowest BCUT2D eigenvalue weighted by Gasteiger charge is -2.03. The quantitative estimate of drug-likeness (QED) is 0.799. The summed E-state index contributed by atoms with van der Waals surface area (Å²) in [5.41, 5.74) is 0.845. The van der Waals surface area contributed by atoms with Gasteiger partial charge in [0, 0.05) is 11.8 Å². The lowest BCUT2D eigenvalue weighted by Crippen LogP contribution is -1.90. The van der Waals surface area contributed by atoms with Crippen molar-refractivity contribution in [3.8, 4) is 11.4 Å². The molecule has 1 aromatic heterocycles. The number of nitrogens with one attached hydrogen (secondary N) is 1. The first-order valence-corrected chi connectivity index (χ1v) is 5.76. The van der Waals surface area contributed by atoms with Gasteiger partial charge in [0.05, 0.1) is 9.50 Å². The van der Waals surface area contributed by atoms with E-state index in [2.05, 4.69) is 25.9 Å². The standard InChI is InChI=1S/C10H6BrClN2S/c11-7-5-13-9(14-10(7)15)6-3-1-2-4-8(6)12/h1-5H,(H,13,14,15). The summed E-state index contributed by atoms with van der Waals surface area (Å²) in [6.07, 6.45) is 1.66. The van der Waals surface area contributed by atoms with Crippen LogP contribution in [0.25, 0.3) is 11.4 Å². The molecule has 0 aliphatic carbocycles. The molecule has 76 valence electrons. The molecule has 0 saturated carbocycles. The summed E-state index contributed by atoms with van der Waals surface area (Å²) in [4.78, 5) is 7.22. The van der Waals surface area contributed by atoms with E-state index >= 15 is 0 Å². The monoisotopic (exact) mass is 300 g/mol. The number of hydrogen-bond acceptors (Lipinski definition) is 2. The number of nitrogens with zero attached hydrogens (tertiary/aromatic N) is 1.